The Bertz CT molecular complexity index is 679. The second-order valence-corrected chi connectivity index (χ2v) is 4.37. The summed E-state index contributed by atoms with van der Waals surface area (Å²) in [6, 6.07) is 12.6. The van der Waals surface area contributed by atoms with Gasteiger partial charge in [0.05, 0.1) is 13.2 Å². The van der Waals surface area contributed by atoms with E-state index in [0.29, 0.717) is 6.54 Å². The molecule has 1 N–H and O–H groups in total. The van der Waals surface area contributed by atoms with Crippen molar-refractivity contribution in [3.63, 3.8) is 0 Å². The average molecular weight is 254 g/mol. The summed E-state index contributed by atoms with van der Waals surface area (Å²) in [6.07, 6.45) is 0. The summed E-state index contributed by atoms with van der Waals surface area (Å²) in [4.78, 5) is 12.0. The molecule has 19 heavy (non-hydrogen) atoms. The van der Waals surface area contributed by atoms with Crippen LogP contribution in [-0.2, 0) is 13.2 Å². The van der Waals surface area contributed by atoms with Crippen LogP contribution in [0.25, 0.3) is 0 Å². The number of nitriles is 1. The van der Waals surface area contributed by atoms with E-state index in [-0.39, 0.29) is 17.7 Å². The summed E-state index contributed by atoms with van der Waals surface area (Å²) >= 11 is 0. The Hall–Kier alpha value is -2.38. The molecule has 1 aromatic carbocycles. The minimum absolute atomic E-state index is 0.00315. The van der Waals surface area contributed by atoms with Crippen molar-refractivity contribution in [1.82, 2.24) is 4.57 Å². The molecular formula is C15H14N2O2. The number of pyridine rings is 1. The number of nitrogens with zero attached hydrogens (tertiary/aromatic N) is 2. The van der Waals surface area contributed by atoms with E-state index >= 15 is 0 Å². The molecule has 0 saturated heterocycles. The summed E-state index contributed by atoms with van der Waals surface area (Å²) < 4.78 is 1.58. The molecule has 0 spiro atoms. The fourth-order valence-corrected chi connectivity index (χ4v) is 1.89. The van der Waals surface area contributed by atoms with Crippen LogP contribution in [0.4, 0.5) is 0 Å². The lowest BCUT2D eigenvalue weighted by Crippen LogP contribution is -2.24. The summed E-state index contributed by atoms with van der Waals surface area (Å²) in [5, 5.41) is 17.9. The average Bonchev–Trinajstić information content (AvgIpc) is 2.44. The standard InChI is InChI=1S/C15H14N2O2/c1-11-2-7-14(8-16)15(19)17(11)9-12-3-5-13(10-18)6-4-12/h2-7,18H,9-10H2,1H3. The van der Waals surface area contributed by atoms with E-state index in [4.69, 9.17) is 10.4 Å². The normalized spacial score (nSPS) is 10.2. The van der Waals surface area contributed by atoms with Crippen molar-refractivity contribution in [2.24, 2.45) is 0 Å². The molecule has 2 rings (SSSR count). The van der Waals surface area contributed by atoms with Crippen LogP contribution in [-0.4, -0.2) is 9.67 Å². The molecule has 0 amide bonds. The number of rotatable bonds is 3. The predicted molar refractivity (Wildman–Crippen MR) is 71.6 cm³/mol. The minimum Gasteiger partial charge on any atom is -0.392 e. The Morgan fingerprint density at radius 3 is 2.37 bits per heavy atom. The van der Waals surface area contributed by atoms with E-state index < -0.39 is 0 Å². The van der Waals surface area contributed by atoms with Crippen LogP contribution in [0.1, 0.15) is 22.4 Å². The fraction of sp³-hybridized carbons (Fsp3) is 0.200. The molecule has 0 aliphatic heterocycles. The van der Waals surface area contributed by atoms with Gasteiger partial charge in [0.2, 0.25) is 0 Å². The van der Waals surface area contributed by atoms with Crippen LogP contribution in [0.3, 0.4) is 0 Å². The molecule has 2 aromatic rings. The number of hydrogen-bond acceptors (Lipinski definition) is 3. The molecule has 1 aromatic heterocycles. The maximum atomic E-state index is 12.0. The van der Waals surface area contributed by atoms with Gasteiger partial charge in [0.1, 0.15) is 11.6 Å². The highest BCUT2D eigenvalue weighted by atomic mass is 16.3. The Morgan fingerprint density at radius 2 is 1.79 bits per heavy atom. The van der Waals surface area contributed by atoms with Gasteiger partial charge >= 0.3 is 0 Å². The monoisotopic (exact) mass is 254 g/mol. The zero-order valence-electron chi connectivity index (χ0n) is 10.6. The molecule has 0 bridgehead atoms. The van der Waals surface area contributed by atoms with E-state index in [0.717, 1.165) is 16.8 Å². The van der Waals surface area contributed by atoms with E-state index in [9.17, 15) is 4.79 Å². The number of aliphatic hydroxyl groups is 1. The fourth-order valence-electron chi connectivity index (χ4n) is 1.89. The van der Waals surface area contributed by atoms with Gasteiger partial charge < -0.3 is 9.67 Å². The molecule has 0 radical (unpaired) electrons. The Morgan fingerprint density at radius 1 is 1.16 bits per heavy atom. The maximum absolute atomic E-state index is 12.0. The van der Waals surface area contributed by atoms with Gasteiger partial charge in [-0.1, -0.05) is 24.3 Å². The number of aryl methyl sites for hydroxylation is 1. The second-order valence-electron chi connectivity index (χ2n) is 4.37. The first-order chi connectivity index (χ1) is 9.15. The highest BCUT2D eigenvalue weighted by Crippen LogP contribution is 2.07. The maximum Gasteiger partial charge on any atom is 0.268 e. The van der Waals surface area contributed by atoms with Gasteiger partial charge in [-0.25, -0.2) is 0 Å². The number of hydrogen-bond donors (Lipinski definition) is 1. The molecule has 0 saturated carbocycles. The van der Waals surface area contributed by atoms with E-state index in [1.807, 2.05) is 37.3 Å². The van der Waals surface area contributed by atoms with Crippen LogP contribution in [0, 0.1) is 18.3 Å². The van der Waals surface area contributed by atoms with Crippen molar-refractivity contribution in [2.45, 2.75) is 20.1 Å². The molecule has 0 aliphatic carbocycles. The Kier molecular flexibility index (Phi) is 3.79. The molecule has 0 atom stereocenters. The summed E-state index contributed by atoms with van der Waals surface area (Å²) in [5.41, 5.74) is 2.48. The Labute approximate surface area is 111 Å². The highest BCUT2D eigenvalue weighted by Gasteiger charge is 2.06. The molecule has 4 nitrogen and oxygen atoms in total. The van der Waals surface area contributed by atoms with Crippen LogP contribution >= 0.6 is 0 Å². The number of aromatic nitrogens is 1. The van der Waals surface area contributed by atoms with Crippen molar-refractivity contribution in [3.05, 3.63) is 69.1 Å². The zero-order valence-corrected chi connectivity index (χ0v) is 10.6. The topological polar surface area (TPSA) is 66.0 Å². The molecule has 0 unspecified atom stereocenters. The van der Waals surface area contributed by atoms with E-state index in [1.54, 1.807) is 16.7 Å². The lowest BCUT2D eigenvalue weighted by atomic mass is 10.1. The smallest absolute Gasteiger partial charge is 0.268 e. The van der Waals surface area contributed by atoms with Gasteiger partial charge in [-0.3, -0.25) is 4.79 Å². The van der Waals surface area contributed by atoms with Crippen LogP contribution in [0.5, 0.6) is 0 Å². The summed E-state index contributed by atoms with van der Waals surface area (Å²) in [7, 11) is 0. The van der Waals surface area contributed by atoms with E-state index in [1.165, 1.54) is 0 Å². The third-order valence-corrected chi connectivity index (χ3v) is 3.06. The lowest BCUT2D eigenvalue weighted by molar-refractivity contribution is 0.282. The van der Waals surface area contributed by atoms with Crippen LogP contribution in [0.15, 0.2) is 41.2 Å². The number of benzene rings is 1. The first kappa shape index (κ1) is 13.1. The second kappa shape index (κ2) is 5.51. The third kappa shape index (κ3) is 2.72. The van der Waals surface area contributed by atoms with Gasteiger partial charge in [-0.05, 0) is 30.2 Å². The molecule has 0 fully saturated rings. The largest absolute Gasteiger partial charge is 0.392 e. The summed E-state index contributed by atoms with van der Waals surface area (Å²) in [6.45, 7) is 2.26. The van der Waals surface area contributed by atoms with Gasteiger partial charge in [0.25, 0.3) is 5.56 Å². The molecular weight excluding hydrogens is 240 g/mol. The van der Waals surface area contributed by atoms with Crippen LogP contribution in [0.2, 0.25) is 0 Å². The molecule has 0 aliphatic rings. The zero-order chi connectivity index (χ0) is 13.8. The van der Waals surface area contributed by atoms with Crippen molar-refractivity contribution in [2.75, 3.05) is 0 Å². The number of aliphatic hydroxyl groups excluding tert-OH is 1. The van der Waals surface area contributed by atoms with Crippen molar-refractivity contribution in [1.29, 1.82) is 5.26 Å². The first-order valence-electron chi connectivity index (χ1n) is 5.95. The van der Waals surface area contributed by atoms with Crippen molar-refractivity contribution < 1.29 is 5.11 Å². The van der Waals surface area contributed by atoms with E-state index in [2.05, 4.69) is 0 Å². The minimum atomic E-state index is -0.270. The lowest BCUT2D eigenvalue weighted by Gasteiger charge is -2.10. The van der Waals surface area contributed by atoms with Gasteiger partial charge in [0, 0.05) is 5.69 Å². The van der Waals surface area contributed by atoms with Gasteiger partial charge in [-0.15, -0.1) is 0 Å². The summed E-state index contributed by atoms with van der Waals surface area (Å²) in [5.74, 6) is 0. The predicted octanol–water partition coefficient (Wildman–Crippen LogP) is 1.57. The molecule has 1 heterocycles. The van der Waals surface area contributed by atoms with Crippen molar-refractivity contribution in [3.8, 4) is 6.07 Å². The quantitative estimate of drug-likeness (QED) is 0.904. The van der Waals surface area contributed by atoms with Crippen molar-refractivity contribution >= 4 is 0 Å². The van der Waals surface area contributed by atoms with Gasteiger partial charge in [-0.2, -0.15) is 5.26 Å². The third-order valence-electron chi connectivity index (χ3n) is 3.06. The Balaban J connectivity index is 2.38. The first-order valence-corrected chi connectivity index (χ1v) is 5.95. The van der Waals surface area contributed by atoms with Gasteiger partial charge in [0.15, 0.2) is 0 Å². The van der Waals surface area contributed by atoms with Crippen LogP contribution < -0.4 is 5.56 Å². The molecule has 96 valence electrons. The molecule has 4 heteroatoms. The highest BCUT2D eigenvalue weighted by molar-refractivity contribution is 5.29. The SMILES string of the molecule is Cc1ccc(C#N)c(=O)n1Cc1ccc(CO)cc1.